The Balaban J connectivity index is 1.01. The smallest absolute Gasteiger partial charge is 0.351 e. The van der Waals surface area contributed by atoms with E-state index in [2.05, 4.69) is 20.5 Å². The van der Waals surface area contributed by atoms with Gasteiger partial charge in [0.05, 0.1) is 17.9 Å². The van der Waals surface area contributed by atoms with Crippen LogP contribution in [-0.2, 0) is 20.9 Å². The molecular formula is C35H39F3N8O9. The van der Waals surface area contributed by atoms with Gasteiger partial charge < -0.3 is 35.4 Å². The number of anilines is 1. The van der Waals surface area contributed by atoms with E-state index in [-0.39, 0.29) is 65.6 Å². The number of nitrogens with one attached hydrogen (secondary N) is 2. The van der Waals surface area contributed by atoms with E-state index in [0.29, 0.717) is 41.9 Å². The highest BCUT2D eigenvalue weighted by Gasteiger charge is 2.59. The first-order chi connectivity index (χ1) is 26.1. The first kappa shape index (κ1) is 39.1. The van der Waals surface area contributed by atoms with Crippen molar-refractivity contribution in [1.29, 1.82) is 0 Å². The third-order valence-electron chi connectivity index (χ3n) is 9.57. The summed E-state index contributed by atoms with van der Waals surface area (Å²) in [7, 11) is 0. The summed E-state index contributed by atoms with van der Waals surface area (Å²) in [5, 5.41) is 48.4. The first-order valence-electron chi connectivity index (χ1n) is 17.3. The van der Waals surface area contributed by atoms with Gasteiger partial charge in [0, 0.05) is 63.4 Å². The van der Waals surface area contributed by atoms with Crippen LogP contribution in [0.2, 0.25) is 0 Å². The number of nitrogens with zero attached hydrogens (tertiary/aromatic N) is 6. The number of aromatic nitrogens is 5. The maximum absolute atomic E-state index is 15.5. The molecule has 2 aliphatic rings. The number of phenols is 2. The molecule has 0 saturated carbocycles. The van der Waals surface area contributed by atoms with Crippen molar-refractivity contribution in [3.63, 3.8) is 0 Å². The Morgan fingerprint density at radius 1 is 1.05 bits per heavy atom. The largest absolute Gasteiger partial charge is 0.508 e. The fourth-order valence-electron chi connectivity index (χ4n) is 6.52. The van der Waals surface area contributed by atoms with Crippen molar-refractivity contribution in [1.82, 2.24) is 34.1 Å². The number of rotatable bonds is 11. The van der Waals surface area contributed by atoms with Crippen LogP contribution in [0.15, 0.2) is 52.2 Å². The van der Waals surface area contributed by atoms with Crippen molar-refractivity contribution < 1.29 is 47.9 Å². The molecular weight excluding hydrogens is 733 g/mol. The summed E-state index contributed by atoms with van der Waals surface area (Å²) in [4.78, 5) is 57.7. The maximum atomic E-state index is 15.5. The second kappa shape index (κ2) is 15.7. The molecule has 0 spiro atoms. The number of aliphatic hydroxyl groups is 2. The number of benzene rings is 2. The summed E-state index contributed by atoms with van der Waals surface area (Å²) < 4.78 is 50.8. The van der Waals surface area contributed by atoms with E-state index in [4.69, 9.17) is 9.84 Å². The highest BCUT2D eigenvalue weighted by Crippen LogP contribution is 2.42. The lowest BCUT2D eigenvalue weighted by molar-refractivity contribution is -0.141. The van der Waals surface area contributed by atoms with Crippen molar-refractivity contribution in [2.45, 2.75) is 63.5 Å². The van der Waals surface area contributed by atoms with E-state index in [1.165, 1.54) is 24.3 Å². The molecule has 0 aliphatic carbocycles. The van der Waals surface area contributed by atoms with Gasteiger partial charge in [-0.05, 0) is 35.7 Å². The van der Waals surface area contributed by atoms with Gasteiger partial charge in [-0.15, -0.1) is 0 Å². The van der Waals surface area contributed by atoms with Crippen LogP contribution >= 0.6 is 0 Å². The topological polar surface area (TPSA) is 228 Å². The molecule has 0 unspecified atom stereocenters. The first-order valence-corrected chi connectivity index (χ1v) is 17.3. The Kier molecular flexibility index (Phi) is 11.1. The molecule has 17 nitrogen and oxygen atoms in total. The number of H-pyrrole nitrogens is 1. The zero-order chi connectivity index (χ0) is 39.8. The molecule has 0 bridgehead atoms. The predicted molar refractivity (Wildman–Crippen MR) is 187 cm³/mol. The lowest BCUT2D eigenvalue weighted by atomic mass is 9.98. The van der Waals surface area contributed by atoms with Crippen LogP contribution < -0.4 is 16.7 Å². The average Bonchev–Trinajstić information content (AvgIpc) is 3.63. The molecule has 0 radical (unpaired) electrons. The highest BCUT2D eigenvalue weighted by molar-refractivity contribution is 5.92. The molecule has 4 aromatic rings. The van der Waals surface area contributed by atoms with Crippen molar-refractivity contribution in [2.75, 3.05) is 38.1 Å². The van der Waals surface area contributed by atoms with E-state index in [1.54, 1.807) is 11.0 Å². The van der Waals surface area contributed by atoms with Gasteiger partial charge in [0.1, 0.15) is 29.2 Å². The van der Waals surface area contributed by atoms with Crippen LogP contribution in [-0.4, -0.2) is 117 Å². The summed E-state index contributed by atoms with van der Waals surface area (Å²) in [6, 6.07) is 8.03. The van der Waals surface area contributed by atoms with Crippen molar-refractivity contribution >= 4 is 17.6 Å². The van der Waals surface area contributed by atoms with E-state index >= 15 is 4.39 Å². The summed E-state index contributed by atoms with van der Waals surface area (Å²) in [6.07, 6.45) is -5.70. The van der Waals surface area contributed by atoms with Gasteiger partial charge in [-0.25, -0.2) is 23.6 Å². The van der Waals surface area contributed by atoms with Crippen LogP contribution in [0.5, 0.6) is 11.5 Å². The number of hydrogen-bond acceptors (Lipinski definition) is 12. The Morgan fingerprint density at radius 2 is 1.78 bits per heavy atom. The quantitative estimate of drug-likeness (QED) is 0.127. The molecule has 294 valence electrons. The normalized spacial score (nSPS) is 19.9. The van der Waals surface area contributed by atoms with Crippen LogP contribution in [0.3, 0.4) is 0 Å². The average molecular weight is 773 g/mol. The standard InChI is InChI=1S/C35H39F3N8O9/c1-18(2)21-14-22(25(49)15-24(21)48)31-41-42-34(54)46(31)20-4-3-19(23(36)13-20)16-43-9-11-44(12-10-43)29(51)6-5-28(50)39-27-7-8-45(33(53)40-27)32-35(37,38)30(52)26(17-47)55-32/h3-4,7-8,13-15,18,26,30,32,47-49,52H,5-6,9-12,16-17H2,1-2H3,(H,42,54)(H,39,40,50,53)/t26-,30-,32-/m1/s1. The SMILES string of the molecule is CC(C)c1cc(-c2n[nH]c(=O)n2-c2ccc(CN3CCN(C(=O)CCC(=O)Nc4ccn([C@@H]5O[C@H](CO)[C@@H](O)C5(F)F)c(=O)n4)CC3)c(F)c2)c(O)cc1O. The van der Waals surface area contributed by atoms with Crippen LogP contribution in [0, 0.1) is 5.82 Å². The summed E-state index contributed by atoms with van der Waals surface area (Å²) in [5.74, 6) is -6.20. The predicted octanol–water partition coefficient (Wildman–Crippen LogP) is 1.41. The molecule has 55 heavy (non-hydrogen) atoms. The van der Waals surface area contributed by atoms with Gasteiger partial charge in [-0.2, -0.15) is 18.9 Å². The molecule has 2 amide bonds. The monoisotopic (exact) mass is 772 g/mol. The van der Waals surface area contributed by atoms with E-state index < -0.39 is 54.1 Å². The summed E-state index contributed by atoms with van der Waals surface area (Å²) in [6.45, 7) is 4.44. The summed E-state index contributed by atoms with van der Waals surface area (Å²) >= 11 is 0. The lowest BCUT2D eigenvalue weighted by Crippen LogP contribution is -2.48. The van der Waals surface area contributed by atoms with Gasteiger partial charge >= 0.3 is 17.3 Å². The second-order valence-corrected chi connectivity index (χ2v) is 13.6. The Labute approximate surface area is 310 Å². The Bertz CT molecular complexity index is 2200. The number of ether oxygens (including phenoxy) is 1. The number of carbonyl (C=O) groups excluding carboxylic acids is 2. The summed E-state index contributed by atoms with van der Waals surface area (Å²) in [5.41, 5.74) is -0.668. The van der Waals surface area contributed by atoms with Crippen molar-refractivity contribution in [3.8, 4) is 28.6 Å². The number of aromatic hydroxyl groups is 2. The zero-order valence-corrected chi connectivity index (χ0v) is 29.7. The minimum Gasteiger partial charge on any atom is -0.508 e. The number of halogens is 3. The van der Waals surface area contributed by atoms with Gasteiger partial charge in [0.25, 0.3) is 0 Å². The van der Waals surface area contributed by atoms with Crippen LogP contribution in [0.1, 0.15) is 50.0 Å². The Hall–Kier alpha value is -5.57. The van der Waals surface area contributed by atoms with E-state index in [0.717, 1.165) is 16.8 Å². The number of amides is 2. The maximum Gasteiger partial charge on any atom is 0.351 e. The molecule has 2 fully saturated rings. The number of alkyl halides is 2. The number of carbonyl (C=O) groups is 2. The fourth-order valence-corrected chi connectivity index (χ4v) is 6.52. The fraction of sp³-hybridized carbons (Fsp3) is 0.429. The molecule has 6 N–H and O–H groups in total. The molecule has 2 aliphatic heterocycles. The third kappa shape index (κ3) is 7.97. The molecule has 4 heterocycles. The lowest BCUT2D eigenvalue weighted by Gasteiger charge is -2.34. The third-order valence-corrected chi connectivity index (χ3v) is 9.57. The number of phenolic OH excluding ortho intramolecular Hbond substituents is 2. The molecule has 2 aromatic heterocycles. The molecule has 3 atom stereocenters. The minimum atomic E-state index is -3.89. The van der Waals surface area contributed by atoms with Crippen molar-refractivity contribution in [3.05, 3.63) is 80.5 Å². The number of piperazine rings is 1. The van der Waals surface area contributed by atoms with E-state index in [1.807, 2.05) is 18.7 Å². The zero-order valence-electron chi connectivity index (χ0n) is 29.7. The number of aromatic amines is 1. The minimum absolute atomic E-state index is 0.0287. The number of aliphatic hydroxyl groups excluding tert-OH is 2. The Morgan fingerprint density at radius 3 is 2.42 bits per heavy atom. The highest BCUT2D eigenvalue weighted by atomic mass is 19.3. The molecule has 20 heteroatoms. The van der Waals surface area contributed by atoms with Gasteiger partial charge in [0.15, 0.2) is 11.9 Å². The van der Waals surface area contributed by atoms with Crippen molar-refractivity contribution in [2.24, 2.45) is 0 Å². The number of hydrogen-bond donors (Lipinski definition) is 6. The van der Waals surface area contributed by atoms with E-state index in [9.17, 15) is 43.3 Å². The van der Waals surface area contributed by atoms with Gasteiger partial charge in [-0.1, -0.05) is 19.9 Å². The van der Waals surface area contributed by atoms with Gasteiger partial charge in [0.2, 0.25) is 18.0 Å². The van der Waals surface area contributed by atoms with Gasteiger partial charge in [-0.3, -0.25) is 19.1 Å². The molecule has 2 saturated heterocycles. The molecule has 6 rings (SSSR count). The van der Waals surface area contributed by atoms with Crippen LogP contribution in [0.25, 0.3) is 17.1 Å². The molecule has 2 aromatic carbocycles. The second-order valence-electron chi connectivity index (χ2n) is 13.6. The van der Waals surface area contributed by atoms with Crippen LogP contribution in [0.4, 0.5) is 19.0 Å².